The molecule has 0 aliphatic carbocycles. The Balaban J connectivity index is 0.00000300. The number of aromatic nitrogens is 1. The van der Waals surface area contributed by atoms with E-state index >= 15 is 0 Å². The maximum Gasteiger partial charge on any atom is 0.209 e. The van der Waals surface area contributed by atoms with Gasteiger partial charge in [-0.15, -0.1) is 12.4 Å². The molecule has 1 heterocycles. The van der Waals surface area contributed by atoms with E-state index in [0.29, 0.717) is 6.61 Å². The molecule has 0 bridgehead atoms. The number of halogens is 1. The number of fused-ring (bicyclic) bond motifs is 1. The second kappa shape index (κ2) is 11.8. The van der Waals surface area contributed by atoms with Gasteiger partial charge in [-0.1, -0.05) is 50.1 Å². The molecular formula is C22H28ClN5O. The first-order valence-electron chi connectivity index (χ1n) is 9.65. The number of hydrogen-bond donors (Lipinski definition) is 4. The maximum atomic E-state index is 7.82. The SMILES string of the molecule is CCCCCNC(=N)N/N=C\c1c[nH]c2ccc(OCc3ccccc3)cc12.Cl. The molecule has 1 aromatic heterocycles. The van der Waals surface area contributed by atoms with Gasteiger partial charge in [0.1, 0.15) is 12.4 Å². The minimum Gasteiger partial charge on any atom is -0.489 e. The van der Waals surface area contributed by atoms with E-state index in [-0.39, 0.29) is 18.4 Å². The van der Waals surface area contributed by atoms with E-state index in [1.54, 1.807) is 6.21 Å². The van der Waals surface area contributed by atoms with Gasteiger partial charge >= 0.3 is 0 Å². The van der Waals surface area contributed by atoms with Gasteiger partial charge in [0.15, 0.2) is 0 Å². The van der Waals surface area contributed by atoms with Crippen LogP contribution >= 0.6 is 12.4 Å². The van der Waals surface area contributed by atoms with E-state index in [0.717, 1.165) is 53.6 Å². The Kier molecular flexibility index (Phi) is 9.05. The molecule has 0 atom stereocenters. The lowest BCUT2D eigenvalue weighted by Crippen LogP contribution is -2.33. The number of unbranched alkanes of at least 4 members (excludes halogenated alkanes) is 2. The van der Waals surface area contributed by atoms with Crippen molar-refractivity contribution in [2.75, 3.05) is 6.54 Å². The molecule has 6 nitrogen and oxygen atoms in total. The summed E-state index contributed by atoms with van der Waals surface area (Å²) in [7, 11) is 0. The van der Waals surface area contributed by atoms with Crippen LogP contribution in [0.4, 0.5) is 0 Å². The number of hydrazone groups is 1. The lowest BCUT2D eigenvalue weighted by atomic mass is 10.2. The van der Waals surface area contributed by atoms with Gasteiger partial charge in [0.2, 0.25) is 5.96 Å². The highest BCUT2D eigenvalue weighted by Crippen LogP contribution is 2.23. The Bertz CT molecular complexity index is 923. The summed E-state index contributed by atoms with van der Waals surface area (Å²) in [6.07, 6.45) is 6.99. The highest BCUT2D eigenvalue weighted by Gasteiger charge is 2.04. The van der Waals surface area contributed by atoms with Crippen LogP contribution in [-0.2, 0) is 6.61 Å². The normalized spacial score (nSPS) is 10.7. The first-order valence-corrected chi connectivity index (χ1v) is 9.65. The zero-order valence-corrected chi connectivity index (χ0v) is 17.4. The summed E-state index contributed by atoms with van der Waals surface area (Å²) < 4.78 is 5.91. The van der Waals surface area contributed by atoms with Gasteiger partial charge in [-0.05, 0) is 30.2 Å². The van der Waals surface area contributed by atoms with E-state index in [2.05, 4.69) is 27.8 Å². The van der Waals surface area contributed by atoms with Crippen molar-refractivity contribution in [2.24, 2.45) is 5.10 Å². The van der Waals surface area contributed by atoms with Gasteiger partial charge in [-0.25, -0.2) is 5.43 Å². The zero-order chi connectivity index (χ0) is 19.6. The van der Waals surface area contributed by atoms with E-state index in [9.17, 15) is 0 Å². The Morgan fingerprint density at radius 2 is 2.00 bits per heavy atom. The average Bonchev–Trinajstić information content (AvgIpc) is 3.13. The Morgan fingerprint density at radius 3 is 2.79 bits per heavy atom. The number of hydrogen-bond acceptors (Lipinski definition) is 3. The number of aromatic amines is 1. The molecule has 4 N–H and O–H groups in total. The summed E-state index contributed by atoms with van der Waals surface area (Å²) >= 11 is 0. The van der Waals surface area contributed by atoms with Crippen molar-refractivity contribution in [3.8, 4) is 5.75 Å². The molecule has 0 saturated carbocycles. The molecule has 0 radical (unpaired) electrons. The number of nitrogens with zero attached hydrogens (tertiary/aromatic N) is 1. The number of guanidine groups is 1. The largest absolute Gasteiger partial charge is 0.489 e. The standard InChI is InChI=1S/C22H27N5O.ClH/c1-2-3-7-12-24-22(23)27-26-15-18-14-25-21-11-10-19(13-20(18)21)28-16-17-8-5-4-6-9-17;/h4-6,8-11,13-15,25H,2-3,7,12,16H2,1H3,(H3,23,24,27);1H/b26-15-;. The molecule has 7 heteroatoms. The van der Waals surface area contributed by atoms with Gasteiger partial charge in [-0.2, -0.15) is 5.10 Å². The number of nitrogens with one attached hydrogen (secondary N) is 4. The quantitative estimate of drug-likeness (QED) is 0.176. The molecule has 0 aliphatic heterocycles. The predicted molar refractivity (Wildman–Crippen MR) is 122 cm³/mol. The van der Waals surface area contributed by atoms with Crippen molar-refractivity contribution in [3.63, 3.8) is 0 Å². The van der Waals surface area contributed by atoms with Gasteiger partial charge in [0.25, 0.3) is 0 Å². The first kappa shape index (κ1) is 22.3. The molecule has 29 heavy (non-hydrogen) atoms. The number of rotatable bonds is 9. The van der Waals surface area contributed by atoms with Crippen LogP contribution in [0, 0.1) is 5.41 Å². The molecule has 0 spiro atoms. The monoisotopic (exact) mass is 413 g/mol. The van der Waals surface area contributed by atoms with Crippen LogP contribution in [0.2, 0.25) is 0 Å². The summed E-state index contributed by atoms with van der Waals surface area (Å²) in [5, 5.41) is 16.0. The lowest BCUT2D eigenvalue weighted by molar-refractivity contribution is 0.306. The summed E-state index contributed by atoms with van der Waals surface area (Å²) in [4.78, 5) is 3.23. The van der Waals surface area contributed by atoms with Crippen LogP contribution in [0.5, 0.6) is 5.75 Å². The van der Waals surface area contributed by atoms with Crippen LogP contribution in [0.3, 0.4) is 0 Å². The topological polar surface area (TPSA) is 85.3 Å². The average molecular weight is 414 g/mol. The van der Waals surface area contributed by atoms with E-state index in [1.807, 2.05) is 54.7 Å². The summed E-state index contributed by atoms with van der Waals surface area (Å²) in [5.74, 6) is 1.02. The van der Waals surface area contributed by atoms with Crippen molar-refractivity contribution in [1.29, 1.82) is 5.41 Å². The minimum atomic E-state index is 0. The van der Waals surface area contributed by atoms with Gasteiger partial charge in [0.05, 0.1) is 6.21 Å². The van der Waals surface area contributed by atoms with E-state index in [4.69, 9.17) is 10.1 Å². The van der Waals surface area contributed by atoms with E-state index in [1.165, 1.54) is 0 Å². The lowest BCUT2D eigenvalue weighted by Gasteiger charge is -2.07. The predicted octanol–water partition coefficient (Wildman–Crippen LogP) is 4.81. The van der Waals surface area contributed by atoms with Crippen LogP contribution in [0.1, 0.15) is 37.3 Å². The Labute approximate surface area is 177 Å². The van der Waals surface area contributed by atoms with Crippen LogP contribution < -0.4 is 15.5 Å². The van der Waals surface area contributed by atoms with Gasteiger partial charge in [0, 0.05) is 29.2 Å². The third kappa shape index (κ3) is 6.84. The van der Waals surface area contributed by atoms with Crippen LogP contribution in [0.25, 0.3) is 10.9 Å². The van der Waals surface area contributed by atoms with Crippen LogP contribution in [0.15, 0.2) is 59.8 Å². The zero-order valence-electron chi connectivity index (χ0n) is 16.6. The number of ether oxygens (including phenoxy) is 1. The van der Waals surface area contributed by atoms with Crippen molar-refractivity contribution in [2.45, 2.75) is 32.8 Å². The molecule has 0 fully saturated rings. The summed E-state index contributed by atoms with van der Waals surface area (Å²) in [6.45, 7) is 3.47. The second-order valence-electron chi connectivity index (χ2n) is 6.60. The van der Waals surface area contributed by atoms with Gasteiger partial charge in [-0.3, -0.25) is 5.41 Å². The number of H-pyrrole nitrogens is 1. The Hall–Kier alpha value is -2.99. The molecule has 0 amide bonds. The smallest absolute Gasteiger partial charge is 0.209 e. The van der Waals surface area contributed by atoms with Gasteiger partial charge < -0.3 is 15.0 Å². The maximum absolute atomic E-state index is 7.82. The molecule has 0 aliphatic rings. The fraction of sp³-hybridized carbons (Fsp3) is 0.273. The summed E-state index contributed by atoms with van der Waals surface area (Å²) in [5.41, 5.74) is 5.80. The van der Waals surface area contributed by atoms with Crippen molar-refractivity contribution >= 4 is 35.5 Å². The Morgan fingerprint density at radius 1 is 1.17 bits per heavy atom. The molecule has 3 aromatic rings. The van der Waals surface area contributed by atoms with Crippen molar-refractivity contribution in [3.05, 3.63) is 65.9 Å². The minimum absolute atomic E-state index is 0. The fourth-order valence-electron chi connectivity index (χ4n) is 2.85. The second-order valence-corrected chi connectivity index (χ2v) is 6.60. The third-order valence-electron chi connectivity index (χ3n) is 4.40. The fourth-order valence-corrected chi connectivity index (χ4v) is 2.85. The molecule has 0 saturated heterocycles. The molecule has 3 rings (SSSR count). The highest BCUT2D eigenvalue weighted by molar-refractivity contribution is 5.99. The van der Waals surface area contributed by atoms with Crippen LogP contribution in [-0.4, -0.2) is 23.7 Å². The van der Waals surface area contributed by atoms with Crippen molar-refractivity contribution < 1.29 is 4.74 Å². The number of benzene rings is 2. The molecule has 154 valence electrons. The third-order valence-corrected chi connectivity index (χ3v) is 4.40. The molecule has 0 unspecified atom stereocenters. The highest BCUT2D eigenvalue weighted by atomic mass is 35.5. The summed E-state index contributed by atoms with van der Waals surface area (Å²) in [6, 6.07) is 16.1. The first-order chi connectivity index (χ1) is 13.8. The molecule has 2 aromatic carbocycles. The van der Waals surface area contributed by atoms with E-state index < -0.39 is 0 Å². The molecular weight excluding hydrogens is 386 g/mol. The van der Waals surface area contributed by atoms with Crippen molar-refractivity contribution in [1.82, 2.24) is 15.7 Å².